The van der Waals surface area contributed by atoms with Gasteiger partial charge >= 0.3 is 70.6 Å². The van der Waals surface area contributed by atoms with Crippen molar-refractivity contribution in [2.45, 2.75) is 120 Å². The van der Waals surface area contributed by atoms with Crippen molar-refractivity contribution >= 4 is 48.9 Å². The van der Waals surface area contributed by atoms with E-state index in [0.717, 1.165) is 0 Å². The van der Waals surface area contributed by atoms with E-state index >= 15 is 0 Å². The first-order valence-electron chi connectivity index (χ1n) is 8.34. The zero-order valence-corrected chi connectivity index (χ0v) is 25.1. The predicted octanol–water partition coefficient (Wildman–Crippen LogP) is -1.85. The van der Waals surface area contributed by atoms with Crippen molar-refractivity contribution in [2.75, 3.05) is 0 Å². The van der Waals surface area contributed by atoms with Crippen molar-refractivity contribution < 1.29 is 52.4 Å². The Morgan fingerprint density at radius 2 is 0.308 bits per heavy atom. The van der Waals surface area contributed by atoms with Gasteiger partial charge in [0.25, 0.3) is 0 Å². The molecule has 0 N–H and O–H groups in total. The zero-order valence-electron chi connectivity index (χ0n) is 19.1. The van der Waals surface area contributed by atoms with Gasteiger partial charge in [-0.3, -0.25) is 0 Å². The van der Waals surface area contributed by atoms with Gasteiger partial charge in [-0.15, -0.1) is 36.6 Å². The van der Waals surface area contributed by atoms with E-state index in [1.165, 1.54) is 0 Å². The van der Waals surface area contributed by atoms with E-state index in [1.54, 1.807) is 83.1 Å². The average Bonchev–Trinajstić information content (AvgIpc) is 2.08. The maximum atomic E-state index is 9.53. The number of hydrogen-bond donors (Lipinski definition) is 0. The predicted molar refractivity (Wildman–Crippen MR) is 96.6 cm³/mol. The molecule has 0 bridgehead atoms. The molecule has 0 saturated heterocycles. The smallest absolute Gasteiger partial charge is 0.852 e. The number of rotatable bonds is 0. The van der Waals surface area contributed by atoms with Gasteiger partial charge in [0.2, 0.25) is 0 Å². The fourth-order valence-corrected chi connectivity index (χ4v) is 0. The molecule has 0 radical (unpaired) electrons. The molecule has 0 amide bonds. The topological polar surface area (TPSA) is 138 Å². The monoisotopic (exact) mass is 540 g/mol. The molecule has 0 aromatic heterocycles. The maximum Gasteiger partial charge on any atom is 4.00 e. The van der Waals surface area contributed by atoms with Crippen LogP contribution in [-0.2, 0) is 21.7 Å². The summed E-state index contributed by atoms with van der Waals surface area (Å²) in [6.45, 7) is 19.3. The molecular formula is C18H42BaO6Ti. The zero-order chi connectivity index (χ0) is 21.5. The molecule has 26 heavy (non-hydrogen) atoms. The van der Waals surface area contributed by atoms with Crippen LogP contribution in [0.1, 0.15) is 83.1 Å². The summed E-state index contributed by atoms with van der Waals surface area (Å²) in [6, 6.07) is 0. The van der Waals surface area contributed by atoms with E-state index in [2.05, 4.69) is 0 Å². The van der Waals surface area contributed by atoms with Crippen LogP contribution in [0.5, 0.6) is 0 Å². The Labute approximate surface area is 218 Å². The molecule has 0 aliphatic rings. The van der Waals surface area contributed by atoms with Crippen molar-refractivity contribution in [3.8, 4) is 0 Å². The van der Waals surface area contributed by atoms with E-state index in [9.17, 15) is 30.6 Å². The quantitative estimate of drug-likeness (QED) is 0.331. The first-order valence-corrected chi connectivity index (χ1v) is 8.34. The summed E-state index contributed by atoms with van der Waals surface area (Å²) in [6.07, 6.45) is -2.50. The molecule has 8 heteroatoms. The van der Waals surface area contributed by atoms with Gasteiger partial charge in [-0.25, -0.2) is 0 Å². The van der Waals surface area contributed by atoms with Gasteiger partial charge in [-0.2, -0.15) is 0 Å². The molecule has 0 spiro atoms. The molecule has 0 aromatic rings. The molecule has 0 aromatic carbocycles. The summed E-state index contributed by atoms with van der Waals surface area (Å²) in [5, 5.41) is 57.2. The van der Waals surface area contributed by atoms with Crippen LogP contribution in [0.25, 0.3) is 0 Å². The van der Waals surface area contributed by atoms with E-state index in [0.29, 0.717) is 0 Å². The molecule has 0 rings (SSSR count). The summed E-state index contributed by atoms with van der Waals surface area (Å²) < 4.78 is 0. The van der Waals surface area contributed by atoms with Crippen LogP contribution in [0.15, 0.2) is 0 Å². The maximum absolute atomic E-state index is 9.53. The van der Waals surface area contributed by atoms with E-state index < -0.39 is 36.6 Å². The molecule has 0 fully saturated rings. The molecule has 0 heterocycles. The van der Waals surface area contributed by atoms with Crippen molar-refractivity contribution in [1.29, 1.82) is 0 Å². The van der Waals surface area contributed by atoms with Crippen LogP contribution in [0.4, 0.5) is 0 Å². The van der Waals surface area contributed by atoms with Crippen molar-refractivity contribution in [2.24, 2.45) is 0 Å². The fourth-order valence-electron chi connectivity index (χ4n) is 0. The number of hydrogen-bond acceptors (Lipinski definition) is 6. The minimum Gasteiger partial charge on any atom is -0.852 e. The minimum atomic E-state index is -0.417. The second-order valence-corrected chi connectivity index (χ2v) is 6.29. The Bertz CT molecular complexity index is 107. The SMILES string of the molecule is CC(C)[O-].CC(C)[O-].CC(C)[O-].CC(C)[O-].CC(C)[O-].CC(C)[O-].[Ba+2].[Ti+4]. The van der Waals surface area contributed by atoms with Gasteiger partial charge in [0.1, 0.15) is 0 Å². The van der Waals surface area contributed by atoms with Crippen molar-refractivity contribution in [3.63, 3.8) is 0 Å². The van der Waals surface area contributed by atoms with Gasteiger partial charge in [0, 0.05) is 0 Å². The largest absolute Gasteiger partial charge is 4.00 e. The summed E-state index contributed by atoms with van der Waals surface area (Å²) in [5.74, 6) is 0. The van der Waals surface area contributed by atoms with Gasteiger partial charge in [0.15, 0.2) is 0 Å². The minimum absolute atomic E-state index is 0. The molecule has 6 nitrogen and oxygen atoms in total. The third-order valence-corrected chi connectivity index (χ3v) is 0. The second kappa shape index (κ2) is 45.7. The normalized spacial score (nSPS) is 8.31. The summed E-state index contributed by atoms with van der Waals surface area (Å²) in [7, 11) is 0. The van der Waals surface area contributed by atoms with Crippen LogP contribution in [0.2, 0.25) is 0 Å². The van der Waals surface area contributed by atoms with Crippen LogP contribution in [0.3, 0.4) is 0 Å². The molecule has 0 unspecified atom stereocenters. The summed E-state index contributed by atoms with van der Waals surface area (Å²) in [4.78, 5) is 0. The molecule has 0 aliphatic carbocycles. The Balaban J connectivity index is -0.0000000245. The Morgan fingerprint density at radius 3 is 0.308 bits per heavy atom. The van der Waals surface area contributed by atoms with Crippen LogP contribution >= 0.6 is 0 Å². The van der Waals surface area contributed by atoms with Gasteiger partial charge in [-0.1, -0.05) is 83.1 Å². The van der Waals surface area contributed by atoms with Crippen LogP contribution in [-0.4, -0.2) is 85.5 Å². The van der Waals surface area contributed by atoms with Crippen LogP contribution < -0.4 is 30.6 Å². The Hall–Kier alpha value is 2.05. The summed E-state index contributed by atoms with van der Waals surface area (Å²) >= 11 is 0. The third-order valence-electron chi connectivity index (χ3n) is 0. The fraction of sp³-hybridized carbons (Fsp3) is 1.00. The molecule has 0 saturated carbocycles. The van der Waals surface area contributed by atoms with Gasteiger partial charge < -0.3 is 30.6 Å². The molecule has 0 aliphatic heterocycles. The summed E-state index contributed by atoms with van der Waals surface area (Å²) in [5.41, 5.74) is 0. The average molecular weight is 540 g/mol. The molecular weight excluding hydrogens is 497 g/mol. The van der Waals surface area contributed by atoms with E-state index in [1.807, 2.05) is 0 Å². The van der Waals surface area contributed by atoms with Crippen LogP contribution in [0, 0.1) is 0 Å². The Morgan fingerprint density at radius 1 is 0.308 bits per heavy atom. The van der Waals surface area contributed by atoms with Crippen molar-refractivity contribution in [3.05, 3.63) is 0 Å². The third kappa shape index (κ3) is 3900. The first-order chi connectivity index (χ1) is 10.4. The van der Waals surface area contributed by atoms with E-state index in [-0.39, 0.29) is 70.6 Å². The molecule has 156 valence electrons. The van der Waals surface area contributed by atoms with Crippen molar-refractivity contribution in [1.82, 2.24) is 0 Å². The first kappa shape index (κ1) is 51.1. The standard InChI is InChI=1S/6C3H7O.Ba.Ti/c6*1-3(2)4;;/h6*3H,1-2H3;;/q6*-1;+2;+4. The van der Waals surface area contributed by atoms with Gasteiger partial charge in [-0.05, 0) is 0 Å². The van der Waals surface area contributed by atoms with Gasteiger partial charge in [0.05, 0.1) is 0 Å². The van der Waals surface area contributed by atoms with E-state index in [4.69, 9.17) is 0 Å². The molecule has 0 atom stereocenters. The second-order valence-electron chi connectivity index (χ2n) is 6.29. The Kier molecular flexibility index (Phi) is 89.7.